The molecular formula is C10H18ClN3O. The second kappa shape index (κ2) is 15.2. The Labute approximate surface area is 97.0 Å². The fraction of sp³-hybridized carbons (Fsp3) is 0.400. The summed E-state index contributed by atoms with van der Waals surface area (Å²) >= 11 is 0. The van der Waals surface area contributed by atoms with Crippen LogP contribution < -0.4 is 11.5 Å². The number of primary amides is 1. The lowest BCUT2D eigenvalue weighted by molar-refractivity contribution is -0.114. The predicted octanol–water partition coefficient (Wildman–Crippen LogP) is 1.27. The van der Waals surface area contributed by atoms with Crippen LogP contribution in [0.25, 0.3) is 0 Å². The summed E-state index contributed by atoms with van der Waals surface area (Å²) in [4.78, 5) is 10.4. The Morgan fingerprint density at radius 1 is 1.60 bits per heavy atom. The minimum atomic E-state index is -0.350. The van der Waals surface area contributed by atoms with E-state index >= 15 is 0 Å². The molecule has 0 fully saturated rings. The molecule has 0 aromatic carbocycles. The van der Waals surface area contributed by atoms with E-state index in [9.17, 15) is 4.79 Å². The van der Waals surface area contributed by atoms with Crippen LogP contribution in [0.3, 0.4) is 0 Å². The zero-order valence-corrected chi connectivity index (χ0v) is 9.72. The third-order valence-electron chi connectivity index (χ3n) is 1.34. The normalized spacial score (nSPS) is 8.73. The van der Waals surface area contributed by atoms with Crippen molar-refractivity contribution in [2.24, 2.45) is 11.5 Å². The lowest BCUT2D eigenvalue weighted by Gasteiger charge is -1.92. The third-order valence-corrected chi connectivity index (χ3v) is 1.34. The maximum atomic E-state index is 10.4. The van der Waals surface area contributed by atoms with Gasteiger partial charge in [0.1, 0.15) is 0 Å². The Morgan fingerprint density at radius 3 is 2.33 bits per heavy atom. The van der Waals surface area contributed by atoms with Gasteiger partial charge in [-0.3, -0.25) is 4.79 Å². The number of nitriles is 1. The van der Waals surface area contributed by atoms with Gasteiger partial charge in [0.05, 0.1) is 6.07 Å². The smallest absolute Gasteiger partial charge is 0.244 e. The fourth-order valence-corrected chi connectivity index (χ4v) is 0.537. The summed E-state index contributed by atoms with van der Waals surface area (Å²) in [5, 5.41) is 7.51. The number of carbonyl (C=O) groups excluding carboxylic acids is 1. The van der Waals surface area contributed by atoms with E-state index in [0.717, 1.165) is 12.8 Å². The summed E-state index contributed by atoms with van der Waals surface area (Å²) in [5.41, 5.74) is 10.8. The number of unbranched alkanes of at least 4 members (excludes halogenated alkanes) is 1. The van der Waals surface area contributed by atoms with Crippen molar-refractivity contribution in [3.05, 3.63) is 24.3 Å². The van der Waals surface area contributed by atoms with E-state index in [4.69, 9.17) is 16.7 Å². The molecule has 0 bridgehead atoms. The molecule has 0 saturated carbocycles. The van der Waals surface area contributed by atoms with Gasteiger partial charge >= 0.3 is 0 Å². The number of hydrogen-bond acceptors (Lipinski definition) is 3. The van der Waals surface area contributed by atoms with Crippen molar-refractivity contribution in [1.29, 1.82) is 5.26 Å². The van der Waals surface area contributed by atoms with Gasteiger partial charge in [0, 0.05) is 11.6 Å². The lowest BCUT2D eigenvalue weighted by atomic mass is 10.2. The molecule has 0 heterocycles. The van der Waals surface area contributed by atoms with Crippen molar-refractivity contribution >= 4 is 18.3 Å². The molecule has 0 aliphatic carbocycles. The van der Waals surface area contributed by atoms with Gasteiger partial charge in [-0.2, -0.15) is 5.26 Å². The topological polar surface area (TPSA) is 92.9 Å². The average Bonchev–Trinajstić information content (AvgIpc) is 2.18. The first-order valence-electron chi connectivity index (χ1n) is 4.27. The number of hydrogen-bond donors (Lipinski definition) is 2. The molecule has 1 amide bonds. The molecule has 0 saturated heterocycles. The van der Waals surface area contributed by atoms with Gasteiger partial charge < -0.3 is 11.5 Å². The van der Waals surface area contributed by atoms with Crippen molar-refractivity contribution in [2.45, 2.75) is 19.8 Å². The summed E-state index contributed by atoms with van der Waals surface area (Å²) in [7, 11) is 0. The predicted molar refractivity (Wildman–Crippen MR) is 64.3 cm³/mol. The number of nitrogens with two attached hydrogens (primary N) is 2. The molecule has 0 atom stereocenters. The molecule has 4 nitrogen and oxygen atoms in total. The van der Waals surface area contributed by atoms with Gasteiger partial charge in [0.2, 0.25) is 5.91 Å². The van der Waals surface area contributed by atoms with E-state index in [2.05, 4.69) is 6.58 Å². The largest absolute Gasteiger partial charge is 0.366 e. The van der Waals surface area contributed by atoms with Gasteiger partial charge in [-0.15, -0.1) is 12.4 Å². The van der Waals surface area contributed by atoms with Gasteiger partial charge in [0.15, 0.2) is 0 Å². The summed E-state index contributed by atoms with van der Waals surface area (Å²) in [5.74, 6) is -0.350. The summed E-state index contributed by atoms with van der Waals surface area (Å²) in [6.07, 6.45) is 4.74. The van der Waals surface area contributed by atoms with E-state index in [0.29, 0.717) is 12.1 Å². The zero-order chi connectivity index (χ0) is 11.4. The van der Waals surface area contributed by atoms with Crippen LogP contribution in [0.2, 0.25) is 0 Å². The number of halogens is 1. The van der Waals surface area contributed by atoms with Gasteiger partial charge in [-0.25, -0.2) is 0 Å². The van der Waals surface area contributed by atoms with E-state index in [-0.39, 0.29) is 18.3 Å². The van der Waals surface area contributed by atoms with Gasteiger partial charge in [-0.1, -0.05) is 12.7 Å². The summed E-state index contributed by atoms with van der Waals surface area (Å²) in [6, 6.07) is 1.69. The minimum absolute atomic E-state index is 0. The molecule has 0 aliphatic heterocycles. The quantitative estimate of drug-likeness (QED) is 0.434. The molecule has 0 aromatic heterocycles. The standard InChI is InChI=1S/C7H14N2O.C3H3N.ClH/c1-6(7(9)10)4-2-3-5-8;1-2-3-4;/h4H,2-3,5,8H2,1H3,(H2,9,10);2H,1H2;1H. The van der Waals surface area contributed by atoms with E-state index in [1.54, 1.807) is 13.0 Å². The number of rotatable bonds is 4. The van der Waals surface area contributed by atoms with Crippen LogP contribution in [0, 0.1) is 11.3 Å². The first kappa shape index (κ1) is 19.3. The number of carbonyl (C=O) groups is 1. The first-order valence-corrected chi connectivity index (χ1v) is 4.27. The Morgan fingerprint density at radius 2 is 2.07 bits per heavy atom. The van der Waals surface area contributed by atoms with Crippen LogP contribution in [-0.2, 0) is 4.79 Å². The van der Waals surface area contributed by atoms with Crippen molar-refractivity contribution in [3.63, 3.8) is 0 Å². The minimum Gasteiger partial charge on any atom is -0.366 e. The molecule has 0 spiro atoms. The molecule has 5 heteroatoms. The van der Waals surface area contributed by atoms with Gasteiger partial charge in [0.25, 0.3) is 0 Å². The summed E-state index contributed by atoms with van der Waals surface area (Å²) in [6.45, 7) is 5.48. The third kappa shape index (κ3) is 19.2. The van der Waals surface area contributed by atoms with Crippen molar-refractivity contribution in [3.8, 4) is 6.07 Å². The van der Waals surface area contributed by atoms with E-state index in [1.165, 1.54) is 6.08 Å². The SMILES string of the molecule is C=CC#N.CC(=CCCCN)C(N)=O.Cl. The van der Waals surface area contributed by atoms with Crippen LogP contribution in [0.15, 0.2) is 24.3 Å². The van der Waals surface area contributed by atoms with Crippen molar-refractivity contribution in [1.82, 2.24) is 0 Å². The molecule has 4 N–H and O–H groups in total. The molecule has 0 rings (SSSR count). The van der Waals surface area contributed by atoms with Crippen molar-refractivity contribution < 1.29 is 4.79 Å². The highest BCUT2D eigenvalue weighted by Gasteiger charge is 1.93. The Hall–Kier alpha value is -1.31. The van der Waals surface area contributed by atoms with E-state index in [1.807, 2.05) is 6.08 Å². The highest BCUT2D eigenvalue weighted by molar-refractivity contribution is 5.91. The molecule has 15 heavy (non-hydrogen) atoms. The second-order valence-corrected chi connectivity index (χ2v) is 2.52. The molecule has 0 unspecified atom stereocenters. The maximum absolute atomic E-state index is 10.4. The average molecular weight is 232 g/mol. The monoisotopic (exact) mass is 231 g/mol. The molecule has 86 valence electrons. The van der Waals surface area contributed by atoms with E-state index < -0.39 is 0 Å². The van der Waals surface area contributed by atoms with Crippen LogP contribution in [0.1, 0.15) is 19.8 Å². The Bertz CT molecular complexity index is 244. The number of allylic oxidation sites excluding steroid dienone is 2. The highest BCUT2D eigenvalue weighted by atomic mass is 35.5. The first-order chi connectivity index (χ1) is 6.59. The van der Waals surface area contributed by atoms with Crippen LogP contribution in [0.5, 0.6) is 0 Å². The molecule has 0 radical (unpaired) electrons. The molecular weight excluding hydrogens is 214 g/mol. The van der Waals surface area contributed by atoms with Gasteiger partial charge in [-0.05, 0) is 26.3 Å². The highest BCUT2D eigenvalue weighted by Crippen LogP contribution is 1.95. The summed E-state index contributed by atoms with van der Waals surface area (Å²) < 4.78 is 0. The Balaban J connectivity index is -0.000000249. The van der Waals surface area contributed by atoms with Crippen molar-refractivity contribution in [2.75, 3.05) is 6.54 Å². The lowest BCUT2D eigenvalue weighted by Crippen LogP contribution is -2.11. The zero-order valence-electron chi connectivity index (χ0n) is 8.90. The molecule has 0 aromatic rings. The fourth-order valence-electron chi connectivity index (χ4n) is 0.537. The number of nitrogens with zero attached hydrogens (tertiary/aromatic N) is 1. The molecule has 0 aliphatic rings. The number of amides is 1. The van der Waals surface area contributed by atoms with Crippen LogP contribution in [-0.4, -0.2) is 12.5 Å². The van der Waals surface area contributed by atoms with Crippen LogP contribution in [0.4, 0.5) is 0 Å². The second-order valence-electron chi connectivity index (χ2n) is 2.52. The Kier molecular flexibility index (Phi) is 19.5. The maximum Gasteiger partial charge on any atom is 0.244 e. The van der Waals surface area contributed by atoms with Crippen LogP contribution >= 0.6 is 12.4 Å².